The molecule has 2 aromatic rings. The van der Waals surface area contributed by atoms with Gasteiger partial charge in [0.15, 0.2) is 17.5 Å². The van der Waals surface area contributed by atoms with Crippen LogP contribution in [0.15, 0.2) is 30.3 Å². The maximum Gasteiger partial charge on any atom is 0.194 e. The van der Waals surface area contributed by atoms with E-state index in [2.05, 4.69) is 5.32 Å². The lowest BCUT2D eigenvalue weighted by molar-refractivity contribution is 0.444. The molecule has 19 heavy (non-hydrogen) atoms. The molecule has 1 atom stereocenters. The fraction of sp³-hybridized carbons (Fsp3) is 0.143. The summed E-state index contributed by atoms with van der Waals surface area (Å²) in [6.45, 7) is 0. The van der Waals surface area contributed by atoms with Gasteiger partial charge in [-0.15, -0.1) is 0 Å². The topological polar surface area (TPSA) is 12.0 Å². The largest absolute Gasteiger partial charge is 0.378 e. The number of hydrogen-bond acceptors (Lipinski definition) is 1. The highest BCUT2D eigenvalue weighted by molar-refractivity contribution is 6.31. The maximum atomic E-state index is 13.2. The second-order valence-corrected chi connectivity index (χ2v) is 4.87. The predicted octanol–water partition coefficient (Wildman–Crippen LogP) is 4.47. The van der Waals surface area contributed by atoms with Crippen LogP contribution in [-0.4, -0.2) is 0 Å². The van der Waals surface area contributed by atoms with E-state index in [0.717, 1.165) is 23.4 Å². The van der Waals surface area contributed by atoms with Crippen LogP contribution in [0.1, 0.15) is 17.2 Å². The van der Waals surface area contributed by atoms with E-state index in [1.807, 2.05) is 6.07 Å². The molecule has 0 aromatic heterocycles. The van der Waals surface area contributed by atoms with Crippen LogP contribution in [0, 0.1) is 17.5 Å². The van der Waals surface area contributed by atoms with Gasteiger partial charge in [0.2, 0.25) is 0 Å². The summed E-state index contributed by atoms with van der Waals surface area (Å²) in [5.41, 5.74) is 2.10. The molecule has 1 aliphatic heterocycles. The number of benzene rings is 2. The SMILES string of the molecule is Fc1cc(C2Cc3c(Cl)cccc3N2)cc(F)c1F. The molecule has 98 valence electrons. The van der Waals surface area contributed by atoms with Crippen LogP contribution in [0.2, 0.25) is 5.02 Å². The quantitative estimate of drug-likeness (QED) is 0.762. The molecule has 1 unspecified atom stereocenters. The van der Waals surface area contributed by atoms with Gasteiger partial charge >= 0.3 is 0 Å². The third-order valence-electron chi connectivity index (χ3n) is 3.27. The Kier molecular flexibility index (Phi) is 2.90. The second-order valence-electron chi connectivity index (χ2n) is 4.47. The van der Waals surface area contributed by atoms with Crippen molar-refractivity contribution in [3.05, 3.63) is 63.9 Å². The fourth-order valence-electron chi connectivity index (χ4n) is 2.32. The summed E-state index contributed by atoms with van der Waals surface area (Å²) >= 11 is 6.06. The third-order valence-corrected chi connectivity index (χ3v) is 3.62. The van der Waals surface area contributed by atoms with Crippen LogP contribution in [-0.2, 0) is 6.42 Å². The first-order valence-electron chi connectivity index (χ1n) is 5.74. The Morgan fingerprint density at radius 3 is 2.42 bits per heavy atom. The van der Waals surface area contributed by atoms with Crippen LogP contribution < -0.4 is 5.32 Å². The molecule has 5 heteroatoms. The first-order valence-corrected chi connectivity index (χ1v) is 6.12. The van der Waals surface area contributed by atoms with E-state index in [1.165, 1.54) is 0 Å². The molecule has 0 radical (unpaired) electrons. The van der Waals surface area contributed by atoms with Gasteiger partial charge in [-0.1, -0.05) is 17.7 Å². The number of fused-ring (bicyclic) bond motifs is 1. The van der Waals surface area contributed by atoms with Crippen molar-refractivity contribution >= 4 is 17.3 Å². The van der Waals surface area contributed by atoms with Gasteiger partial charge in [-0.05, 0) is 35.4 Å². The summed E-state index contributed by atoms with van der Waals surface area (Å²) in [4.78, 5) is 0. The van der Waals surface area contributed by atoms with Gasteiger partial charge in [0.25, 0.3) is 0 Å². The van der Waals surface area contributed by atoms with Crippen molar-refractivity contribution in [1.82, 2.24) is 0 Å². The summed E-state index contributed by atoms with van der Waals surface area (Å²) < 4.78 is 39.4. The smallest absolute Gasteiger partial charge is 0.194 e. The van der Waals surface area contributed by atoms with Crippen LogP contribution in [0.3, 0.4) is 0 Å². The van der Waals surface area contributed by atoms with Gasteiger partial charge in [0, 0.05) is 17.1 Å². The summed E-state index contributed by atoms with van der Waals surface area (Å²) in [5.74, 6) is -3.81. The van der Waals surface area contributed by atoms with Gasteiger partial charge in [-0.2, -0.15) is 0 Å². The van der Waals surface area contributed by atoms with Gasteiger partial charge in [-0.3, -0.25) is 0 Å². The van der Waals surface area contributed by atoms with Crippen LogP contribution in [0.5, 0.6) is 0 Å². The molecule has 0 fully saturated rings. The number of rotatable bonds is 1. The minimum Gasteiger partial charge on any atom is -0.378 e. The summed E-state index contributed by atoms with van der Waals surface area (Å²) in [6, 6.07) is 7.11. The molecule has 2 aromatic carbocycles. The van der Waals surface area contributed by atoms with E-state index in [4.69, 9.17) is 11.6 Å². The van der Waals surface area contributed by atoms with E-state index in [0.29, 0.717) is 17.0 Å². The van der Waals surface area contributed by atoms with Crippen LogP contribution in [0.25, 0.3) is 0 Å². The third kappa shape index (κ3) is 2.06. The molecule has 0 amide bonds. The number of anilines is 1. The fourth-order valence-corrected chi connectivity index (χ4v) is 2.57. The summed E-state index contributed by atoms with van der Waals surface area (Å²) in [5, 5.41) is 3.73. The highest BCUT2D eigenvalue weighted by Gasteiger charge is 2.25. The Labute approximate surface area is 113 Å². The lowest BCUT2D eigenvalue weighted by Gasteiger charge is -2.12. The summed E-state index contributed by atoms with van der Waals surface area (Å²) in [6.07, 6.45) is 0.513. The molecule has 1 heterocycles. The standard InChI is InChI=1S/C14H9ClF3N/c15-9-2-1-3-12-8(9)6-13(19-12)7-4-10(16)14(18)11(17)5-7/h1-5,13,19H,6H2. The minimum absolute atomic E-state index is 0.306. The Hall–Kier alpha value is -1.68. The Morgan fingerprint density at radius 1 is 1.11 bits per heavy atom. The van der Waals surface area contributed by atoms with Crippen LogP contribution >= 0.6 is 11.6 Å². The zero-order chi connectivity index (χ0) is 13.6. The van der Waals surface area contributed by atoms with Crippen molar-refractivity contribution in [1.29, 1.82) is 0 Å². The molecule has 1 nitrogen and oxygen atoms in total. The molecule has 0 saturated heterocycles. The van der Waals surface area contributed by atoms with E-state index in [-0.39, 0.29) is 6.04 Å². The Bertz CT molecular complexity index is 634. The molecule has 0 spiro atoms. The van der Waals surface area contributed by atoms with Crippen LogP contribution in [0.4, 0.5) is 18.9 Å². The molecular weight excluding hydrogens is 275 g/mol. The van der Waals surface area contributed by atoms with Crippen molar-refractivity contribution < 1.29 is 13.2 Å². The normalized spacial score (nSPS) is 17.2. The summed E-state index contributed by atoms with van der Waals surface area (Å²) in [7, 11) is 0. The van der Waals surface area contributed by atoms with E-state index >= 15 is 0 Å². The first-order chi connectivity index (χ1) is 9.06. The average Bonchev–Trinajstić information content (AvgIpc) is 2.81. The molecule has 0 saturated carbocycles. The molecule has 3 rings (SSSR count). The van der Waals surface area contributed by atoms with E-state index in [9.17, 15) is 13.2 Å². The maximum absolute atomic E-state index is 13.2. The van der Waals surface area contributed by atoms with Crippen molar-refractivity contribution in [2.24, 2.45) is 0 Å². The van der Waals surface area contributed by atoms with Gasteiger partial charge < -0.3 is 5.32 Å². The van der Waals surface area contributed by atoms with Crippen molar-refractivity contribution in [3.63, 3.8) is 0 Å². The number of hydrogen-bond donors (Lipinski definition) is 1. The Morgan fingerprint density at radius 2 is 1.79 bits per heavy atom. The van der Waals surface area contributed by atoms with E-state index < -0.39 is 17.5 Å². The zero-order valence-corrected chi connectivity index (χ0v) is 10.4. The number of halogens is 4. The van der Waals surface area contributed by atoms with Crippen molar-refractivity contribution in [2.45, 2.75) is 12.5 Å². The average molecular weight is 284 g/mol. The molecular formula is C14H9ClF3N. The minimum atomic E-state index is -1.45. The highest BCUT2D eigenvalue weighted by Crippen LogP contribution is 2.38. The van der Waals surface area contributed by atoms with E-state index in [1.54, 1.807) is 12.1 Å². The van der Waals surface area contributed by atoms with Gasteiger partial charge in [0.1, 0.15) is 0 Å². The van der Waals surface area contributed by atoms with Crippen molar-refractivity contribution in [2.75, 3.05) is 5.32 Å². The molecule has 1 aliphatic rings. The highest BCUT2D eigenvalue weighted by atomic mass is 35.5. The molecule has 0 aliphatic carbocycles. The molecule has 0 bridgehead atoms. The second kappa shape index (κ2) is 4.46. The van der Waals surface area contributed by atoms with Gasteiger partial charge in [0.05, 0.1) is 6.04 Å². The molecule has 1 N–H and O–H groups in total. The zero-order valence-electron chi connectivity index (χ0n) is 9.68. The lowest BCUT2D eigenvalue weighted by Crippen LogP contribution is -2.07. The predicted molar refractivity (Wildman–Crippen MR) is 67.8 cm³/mol. The van der Waals surface area contributed by atoms with Crippen molar-refractivity contribution in [3.8, 4) is 0 Å². The Balaban J connectivity index is 1.97. The number of nitrogens with one attached hydrogen (secondary N) is 1. The van der Waals surface area contributed by atoms with Gasteiger partial charge in [-0.25, -0.2) is 13.2 Å². The first kappa shape index (κ1) is 12.4. The lowest BCUT2D eigenvalue weighted by atomic mass is 10.0. The monoisotopic (exact) mass is 283 g/mol.